The van der Waals surface area contributed by atoms with Gasteiger partial charge in [-0.2, -0.15) is 5.10 Å². The van der Waals surface area contributed by atoms with E-state index in [1.807, 2.05) is 19.1 Å². The Morgan fingerprint density at radius 2 is 2.07 bits per heavy atom. The third-order valence-corrected chi connectivity index (χ3v) is 5.76. The summed E-state index contributed by atoms with van der Waals surface area (Å²) in [5, 5.41) is 25.5. The molecular formula is C21H27N5O. The van der Waals surface area contributed by atoms with E-state index in [0.717, 1.165) is 54.0 Å². The lowest BCUT2D eigenvalue weighted by molar-refractivity contribution is 0.238. The number of aromatic hydroxyl groups is 1. The van der Waals surface area contributed by atoms with Crippen molar-refractivity contribution >= 4 is 11.0 Å². The number of phenols is 1. The van der Waals surface area contributed by atoms with E-state index in [9.17, 15) is 5.11 Å². The first-order chi connectivity index (χ1) is 13.1. The number of nitrogens with zero attached hydrogens (tertiary/aromatic N) is 2. The molecule has 1 unspecified atom stereocenters. The summed E-state index contributed by atoms with van der Waals surface area (Å²) in [5.74, 6) is 0.258. The van der Waals surface area contributed by atoms with Gasteiger partial charge in [-0.25, -0.2) is 4.98 Å². The van der Waals surface area contributed by atoms with Crippen molar-refractivity contribution in [1.29, 1.82) is 0 Å². The Kier molecular flexibility index (Phi) is 4.85. The minimum atomic E-state index is 0.143. The number of hydrogen-bond donors (Lipinski definition) is 4. The Morgan fingerprint density at radius 1 is 1.26 bits per heavy atom. The zero-order valence-electron chi connectivity index (χ0n) is 16.0. The monoisotopic (exact) mass is 365 g/mol. The summed E-state index contributed by atoms with van der Waals surface area (Å²) in [4.78, 5) is 4.75. The lowest BCUT2D eigenvalue weighted by Crippen LogP contribution is -2.55. The molecule has 1 aromatic carbocycles. The molecule has 3 heterocycles. The van der Waals surface area contributed by atoms with Gasteiger partial charge in [-0.3, -0.25) is 5.10 Å². The number of pyridine rings is 1. The van der Waals surface area contributed by atoms with Crippen molar-refractivity contribution in [3.05, 3.63) is 41.6 Å². The summed E-state index contributed by atoms with van der Waals surface area (Å²) >= 11 is 0. The van der Waals surface area contributed by atoms with Crippen LogP contribution in [0.5, 0.6) is 5.75 Å². The molecule has 0 saturated carbocycles. The van der Waals surface area contributed by atoms with Gasteiger partial charge < -0.3 is 15.7 Å². The van der Waals surface area contributed by atoms with Crippen molar-refractivity contribution in [1.82, 2.24) is 25.8 Å². The minimum Gasteiger partial charge on any atom is -0.508 e. The van der Waals surface area contributed by atoms with Gasteiger partial charge in [0.2, 0.25) is 0 Å². The molecule has 0 spiro atoms. The molecule has 4 N–H and O–H groups in total. The van der Waals surface area contributed by atoms with Crippen molar-refractivity contribution in [2.45, 2.75) is 45.2 Å². The number of rotatable bonds is 5. The summed E-state index contributed by atoms with van der Waals surface area (Å²) in [6.07, 6.45) is 3.50. The fourth-order valence-corrected chi connectivity index (χ4v) is 4.02. The second-order valence-electron chi connectivity index (χ2n) is 7.51. The van der Waals surface area contributed by atoms with Crippen LogP contribution in [0.4, 0.5) is 0 Å². The third-order valence-electron chi connectivity index (χ3n) is 5.76. The fraction of sp³-hybridized carbons (Fsp3) is 0.429. The number of nitrogens with one attached hydrogen (secondary N) is 3. The van der Waals surface area contributed by atoms with Gasteiger partial charge in [0.05, 0.1) is 11.4 Å². The second-order valence-corrected chi connectivity index (χ2v) is 7.51. The van der Waals surface area contributed by atoms with Crippen LogP contribution in [0.2, 0.25) is 0 Å². The topological polar surface area (TPSA) is 85.9 Å². The van der Waals surface area contributed by atoms with Crippen molar-refractivity contribution in [3.8, 4) is 17.0 Å². The summed E-state index contributed by atoms with van der Waals surface area (Å²) < 4.78 is 0. The smallest absolute Gasteiger partial charge is 0.156 e. The molecule has 1 atom stereocenters. The first kappa shape index (κ1) is 17.9. The summed E-state index contributed by atoms with van der Waals surface area (Å²) in [5.41, 5.74) is 4.99. The molecule has 27 heavy (non-hydrogen) atoms. The van der Waals surface area contributed by atoms with E-state index in [4.69, 9.17) is 4.98 Å². The van der Waals surface area contributed by atoms with E-state index >= 15 is 0 Å². The molecular weight excluding hydrogens is 338 g/mol. The number of H-pyrrole nitrogens is 1. The van der Waals surface area contributed by atoms with Crippen LogP contribution in [0.15, 0.2) is 30.3 Å². The minimum absolute atomic E-state index is 0.143. The molecule has 1 aliphatic rings. The highest BCUT2D eigenvalue weighted by atomic mass is 16.3. The molecule has 1 fully saturated rings. The van der Waals surface area contributed by atoms with Crippen LogP contribution >= 0.6 is 0 Å². The highest BCUT2D eigenvalue weighted by Crippen LogP contribution is 2.28. The maximum Gasteiger partial charge on any atom is 0.156 e. The number of aromatic amines is 1. The Hall–Kier alpha value is -2.44. The average molecular weight is 365 g/mol. The SMILES string of the molecule is CCC1(NCc2cc(-c3ccc(O)cc3)nc3[nH]nc(C)c23)CCCNC1. The highest BCUT2D eigenvalue weighted by molar-refractivity contribution is 5.84. The van der Waals surface area contributed by atoms with Gasteiger partial charge in [0.15, 0.2) is 5.65 Å². The van der Waals surface area contributed by atoms with Crippen molar-refractivity contribution in [3.63, 3.8) is 0 Å². The van der Waals surface area contributed by atoms with Gasteiger partial charge >= 0.3 is 0 Å². The number of piperidine rings is 1. The predicted octanol–water partition coefficient (Wildman–Crippen LogP) is 3.26. The fourth-order valence-electron chi connectivity index (χ4n) is 4.02. The number of benzene rings is 1. The van der Waals surface area contributed by atoms with Crippen LogP contribution in [0.3, 0.4) is 0 Å². The molecule has 0 radical (unpaired) electrons. The van der Waals surface area contributed by atoms with Gasteiger partial charge in [0, 0.05) is 29.6 Å². The Balaban J connectivity index is 1.69. The molecule has 3 aromatic rings. The van der Waals surface area contributed by atoms with Crippen LogP contribution in [0.1, 0.15) is 37.4 Å². The molecule has 0 aliphatic carbocycles. The zero-order valence-corrected chi connectivity index (χ0v) is 16.0. The van der Waals surface area contributed by atoms with E-state index in [1.165, 1.54) is 18.4 Å². The van der Waals surface area contributed by atoms with Crippen LogP contribution in [0, 0.1) is 6.92 Å². The zero-order chi connectivity index (χ0) is 18.9. The van der Waals surface area contributed by atoms with Crippen LogP contribution < -0.4 is 10.6 Å². The first-order valence-corrected chi connectivity index (χ1v) is 9.70. The molecule has 142 valence electrons. The Labute approximate surface area is 159 Å². The summed E-state index contributed by atoms with van der Waals surface area (Å²) in [6, 6.07) is 9.31. The van der Waals surface area contributed by atoms with Crippen molar-refractivity contribution in [2.24, 2.45) is 0 Å². The number of hydrogen-bond acceptors (Lipinski definition) is 5. The molecule has 2 aromatic heterocycles. The van der Waals surface area contributed by atoms with E-state index in [0.29, 0.717) is 0 Å². The lowest BCUT2D eigenvalue weighted by atomic mass is 9.87. The van der Waals surface area contributed by atoms with Crippen molar-refractivity contribution < 1.29 is 5.11 Å². The number of fused-ring (bicyclic) bond motifs is 1. The van der Waals surface area contributed by atoms with Gasteiger partial charge in [-0.1, -0.05) is 6.92 Å². The molecule has 6 heteroatoms. The summed E-state index contributed by atoms with van der Waals surface area (Å²) in [7, 11) is 0. The van der Waals surface area contributed by atoms with Crippen LogP contribution in [0.25, 0.3) is 22.3 Å². The quantitative estimate of drug-likeness (QED) is 0.558. The maximum absolute atomic E-state index is 9.56. The highest BCUT2D eigenvalue weighted by Gasteiger charge is 2.29. The Morgan fingerprint density at radius 3 is 2.78 bits per heavy atom. The second kappa shape index (κ2) is 7.29. The largest absolute Gasteiger partial charge is 0.508 e. The number of aromatic nitrogens is 3. The maximum atomic E-state index is 9.56. The first-order valence-electron chi connectivity index (χ1n) is 9.70. The molecule has 1 saturated heterocycles. The number of aryl methyl sites for hydroxylation is 1. The average Bonchev–Trinajstić information content (AvgIpc) is 3.08. The molecule has 0 bridgehead atoms. The van der Waals surface area contributed by atoms with Crippen LogP contribution in [-0.2, 0) is 6.54 Å². The normalized spacial score (nSPS) is 20.2. The molecule has 4 rings (SSSR count). The lowest BCUT2D eigenvalue weighted by Gasteiger charge is -2.38. The van der Waals surface area contributed by atoms with E-state index in [2.05, 4.69) is 33.8 Å². The molecule has 1 aliphatic heterocycles. The van der Waals surface area contributed by atoms with Gasteiger partial charge in [0.1, 0.15) is 5.75 Å². The van der Waals surface area contributed by atoms with E-state index in [1.54, 1.807) is 12.1 Å². The van der Waals surface area contributed by atoms with Gasteiger partial charge in [0.25, 0.3) is 0 Å². The van der Waals surface area contributed by atoms with Crippen molar-refractivity contribution in [2.75, 3.05) is 13.1 Å². The third kappa shape index (κ3) is 3.55. The van der Waals surface area contributed by atoms with Gasteiger partial charge in [-0.05, 0) is 68.6 Å². The predicted molar refractivity (Wildman–Crippen MR) is 108 cm³/mol. The molecule has 0 amide bonds. The Bertz CT molecular complexity index is 926. The molecule has 6 nitrogen and oxygen atoms in total. The number of phenolic OH excluding ortho intramolecular Hbond substituents is 1. The van der Waals surface area contributed by atoms with Gasteiger partial charge in [-0.15, -0.1) is 0 Å². The van der Waals surface area contributed by atoms with E-state index < -0.39 is 0 Å². The van der Waals surface area contributed by atoms with E-state index in [-0.39, 0.29) is 11.3 Å². The van der Waals surface area contributed by atoms with Crippen LogP contribution in [-0.4, -0.2) is 38.9 Å². The summed E-state index contributed by atoms with van der Waals surface area (Å²) in [6.45, 7) is 7.16. The standard InChI is InChI=1S/C21H27N5O/c1-3-21(9-4-10-22-13-21)23-12-16-11-18(15-5-7-17(27)8-6-15)24-20-19(16)14(2)25-26-20/h5-8,11,22-23,27H,3-4,9-10,12-13H2,1-2H3,(H,24,25,26).